The SMILES string of the molecule is NCC(F)(F)CNS(=O)(=O)CC1CCCCC1. The molecule has 7 heteroatoms. The molecule has 0 aliphatic heterocycles. The minimum absolute atomic E-state index is 0.0480. The maximum absolute atomic E-state index is 12.8. The van der Waals surface area contributed by atoms with E-state index in [1.807, 2.05) is 4.72 Å². The van der Waals surface area contributed by atoms with Crippen LogP contribution in [0.1, 0.15) is 32.1 Å². The number of alkyl halides is 2. The average molecular weight is 270 g/mol. The van der Waals surface area contributed by atoms with Crippen LogP contribution in [-0.2, 0) is 10.0 Å². The summed E-state index contributed by atoms with van der Waals surface area (Å²) in [6.45, 7) is -1.75. The molecule has 1 aliphatic rings. The van der Waals surface area contributed by atoms with E-state index >= 15 is 0 Å². The lowest BCUT2D eigenvalue weighted by molar-refractivity contribution is 0.0170. The third kappa shape index (κ3) is 5.74. The van der Waals surface area contributed by atoms with Gasteiger partial charge in [-0.2, -0.15) is 0 Å². The number of halogens is 2. The summed E-state index contributed by atoms with van der Waals surface area (Å²) in [5.74, 6) is -3.11. The molecular formula is C10H20F2N2O2S. The fourth-order valence-corrected chi connectivity index (χ4v) is 3.51. The van der Waals surface area contributed by atoms with Gasteiger partial charge in [0.1, 0.15) is 0 Å². The van der Waals surface area contributed by atoms with E-state index in [4.69, 9.17) is 5.73 Å². The zero-order valence-electron chi connectivity index (χ0n) is 9.79. The molecule has 0 saturated heterocycles. The first kappa shape index (κ1) is 14.8. The van der Waals surface area contributed by atoms with E-state index in [1.165, 1.54) is 0 Å². The van der Waals surface area contributed by atoms with Gasteiger partial charge >= 0.3 is 0 Å². The molecule has 0 bridgehead atoms. The summed E-state index contributed by atoms with van der Waals surface area (Å²) in [5.41, 5.74) is 4.84. The first-order valence-corrected chi connectivity index (χ1v) is 7.55. The van der Waals surface area contributed by atoms with Crippen molar-refractivity contribution < 1.29 is 17.2 Å². The van der Waals surface area contributed by atoms with Gasteiger partial charge in [-0.3, -0.25) is 0 Å². The highest BCUT2D eigenvalue weighted by Gasteiger charge is 2.30. The lowest BCUT2D eigenvalue weighted by atomic mass is 9.91. The fourth-order valence-electron chi connectivity index (χ4n) is 2.01. The van der Waals surface area contributed by atoms with Gasteiger partial charge in [-0.25, -0.2) is 21.9 Å². The molecule has 0 spiro atoms. The molecule has 17 heavy (non-hydrogen) atoms. The van der Waals surface area contributed by atoms with Crippen molar-refractivity contribution in [3.05, 3.63) is 0 Å². The second kappa shape index (κ2) is 6.06. The Hall–Kier alpha value is -0.270. The molecule has 0 heterocycles. The number of sulfonamides is 1. The summed E-state index contributed by atoms with van der Waals surface area (Å²) in [6.07, 6.45) is 4.93. The van der Waals surface area contributed by atoms with Crippen molar-refractivity contribution in [1.82, 2.24) is 4.72 Å². The van der Waals surface area contributed by atoms with Gasteiger partial charge in [-0.05, 0) is 18.8 Å². The van der Waals surface area contributed by atoms with Crippen molar-refractivity contribution in [3.8, 4) is 0 Å². The van der Waals surface area contributed by atoms with Crippen LogP contribution in [0.15, 0.2) is 0 Å². The van der Waals surface area contributed by atoms with Crippen LogP contribution in [0, 0.1) is 5.92 Å². The maximum Gasteiger partial charge on any atom is 0.273 e. The van der Waals surface area contributed by atoms with Crippen LogP contribution in [0.5, 0.6) is 0 Å². The van der Waals surface area contributed by atoms with Gasteiger partial charge in [0, 0.05) is 0 Å². The van der Waals surface area contributed by atoms with E-state index in [-0.39, 0.29) is 11.7 Å². The largest absolute Gasteiger partial charge is 0.325 e. The zero-order chi connectivity index (χ0) is 12.9. The number of hydrogen-bond donors (Lipinski definition) is 2. The van der Waals surface area contributed by atoms with E-state index in [2.05, 4.69) is 0 Å². The second-order valence-electron chi connectivity index (χ2n) is 4.67. The van der Waals surface area contributed by atoms with E-state index in [9.17, 15) is 17.2 Å². The standard InChI is InChI=1S/C10H20F2N2O2S/c11-10(12,7-13)8-14-17(15,16)6-9-4-2-1-3-5-9/h9,14H,1-8,13H2. The van der Waals surface area contributed by atoms with Crippen molar-refractivity contribution >= 4 is 10.0 Å². The van der Waals surface area contributed by atoms with Crippen molar-refractivity contribution in [3.63, 3.8) is 0 Å². The monoisotopic (exact) mass is 270 g/mol. The van der Waals surface area contributed by atoms with Crippen LogP contribution >= 0.6 is 0 Å². The summed E-state index contributed by atoms with van der Waals surface area (Å²) >= 11 is 0. The van der Waals surface area contributed by atoms with Crippen LogP contribution in [0.3, 0.4) is 0 Å². The van der Waals surface area contributed by atoms with Gasteiger partial charge < -0.3 is 5.73 Å². The van der Waals surface area contributed by atoms with Crippen molar-refractivity contribution in [2.24, 2.45) is 11.7 Å². The Labute approximate surface area is 101 Å². The molecule has 0 aromatic rings. The van der Waals surface area contributed by atoms with E-state index in [0.717, 1.165) is 32.1 Å². The van der Waals surface area contributed by atoms with Crippen LogP contribution in [0.4, 0.5) is 8.78 Å². The molecule has 4 nitrogen and oxygen atoms in total. The Morgan fingerprint density at radius 2 is 1.82 bits per heavy atom. The third-order valence-electron chi connectivity index (χ3n) is 3.03. The Balaban J connectivity index is 2.40. The number of hydrogen-bond acceptors (Lipinski definition) is 3. The van der Waals surface area contributed by atoms with Gasteiger partial charge in [0.2, 0.25) is 10.0 Å². The van der Waals surface area contributed by atoms with Crippen molar-refractivity contribution in [1.29, 1.82) is 0 Å². The molecule has 102 valence electrons. The quantitative estimate of drug-likeness (QED) is 0.758. The van der Waals surface area contributed by atoms with E-state index in [1.54, 1.807) is 0 Å². The molecule has 0 unspecified atom stereocenters. The molecule has 0 aromatic heterocycles. The lowest BCUT2D eigenvalue weighted by Gasteiger charge is -2.22. The fraction of sp³-hybridized carbons (Fsp3) is 1.00. The van der Waals surface area contributed by atoms with Crippen molar-refractivity contribution in [2.45, 2.75) is 38.0 Å². The summed E-state index contributed by atoms with van der Waals surface area (Å²) in [4.78, 5) is 0. The Morgan fingerprint density at radius 1 is 1.24 bits per heavy atom. The third-order valence-corrected chi connectivity index (χ3v) is 4.52. The summed E-state index contributed by atoms with van der Waals surface area (Å²) < 4.78 is 50.7. The molecule has 0 radical (unpaired) electrons. The highest BCUT2D eigenvalue weighted by atomic mass is 32.2. The smallest absolute Gasteiger partial charge is 0.273 e. The molecular weight excluding hydrogens is 250 g/mol. The number of nitrogens with two attached hydrogens (primary N) is 1. The molecule has 0 aromatic carbocycles. The summed E-state index contributed by atoms with van der Waals surface area (Å²) in [5, 5.41) is 0. The van der Waals surface area contributed by atoms with Gasteiger partial charge in [-0.15, -0.1) is 0 Å². The molecule has 1 fully saturated rings. The van der Waals surface area contributed by atoms with Crippen LogP contribution in [0.25, 0.3) is 0 Å². The molecule has 3 N–H and O–H groups in total. The summed E-state index contributed by atoms with van der Waals surface area (Å²) in [6, 6.07) is 0. The van der Waals surface area contributed by atoms with Gasteiger partial charge in [0.05, 0.1) is 18.8 Å². The molecule has 1 aliphatic carbocycles. The lowest BCUT2D eigenvalue weighted by Crippen LogP contribution is -2.43. The highest BCUT2D eigenvalue weighted by Crippen LogP contribution is 2.24. The Bertz CT molecular complexity index is 327. The van der Waals surface area contributed by atoms with Crippen molar-refractivity contribution in [2.75, 3.05) is 18.8 Å². The molecule has 1 saturated carbocycles. The average Bonchev–Trinajstić information content (AvgIpc) is 2.28. The van der Waals surface area contributed by atoms with Gasteiger partial charge in [0.15, 0.2) is 0 Å². The predicted octanol–water partition coefficient (Wildman–Crippen LogP) is 1.08. The Kier molecular flexibility index (Phi) is 5.27. The minimum Gasteiger partial charge on any atom is -0.325 e. The van der Waals surface area contributed by atoms with Crippen LogP contribution in [-0.4, -0.2) is 33.2 Å². The van der Waals surface area contributed by atoms with Gasteiger partial charge in [0.25, 0.3) is 5.92 Å². The van der Waals surface area contributed by atoms with E-state index in [0.29, 0.717) is 0 Å². The maximum atomic E-state index is 12.8. The second-order valence-corrected chi connectivity index (χ2v) is 6.52. The zero-order valence-corrected chi connectivity index (χ0v) is 10.6. The molecule has 0 atom stereocenters. The highest BCUT2D eigenvalue weighted by molar-refractivity contribution is 7.89. The first-order valence-electron chi connectivity index (χ1n) is 5.90. The number of rotatable bonds is 6. The molecule has 0 amide bonds. The van der Waals surface area contributed by atoms with E-state index < -0.39 is 29.0 Å². The summed E-state index contributed by atoms with van der Waals surface area (Å²) in [7, 11) is -3.61. The molecule has 1 rings (SSSR count). The van der Waals surface area contributed by atoms with Crippen LogP contribution in [0.2, 0.25) is 0 Å². The van der Waals surface area contributed by atoms with Gasteiger partial charge in [-0.1, -0.05) is 19.3 Å². The Morgan fingerprint density at radius 3 is 2.35 bits per heavy atom. The number of nitrogens with one attached hydrogen (secondary N) is 1. The first-order chi connectivity index (χ1) is 7.85. The predicted molar refractivity (Wildman–Crippen MR) is 62.4 cm³/mol. The minimum atomic E-state index is -3.61. The normalized spacial score (nSPS) is 19.5. The van der Waals surface area contributed by atoms with Crippen LogP contribution < -0.4 is 10.5 Å². The topological polar surface area (TPSA) is 72.2 Å².